The molecule has 0 aliphatic heterocycles. The fourth-order valence-corrected chi connectivity index (χ4v) is 2.60. The summed E-state index contributed by atoms with van der Waals surface area (Å²) < 4.78 is 10.2. The molecule has 0 bridgehead atoms. The lowest BCUT2D eigenvalue weighted by Gasteiger charge is -2.24. The highest BCUT2D eigenvalue weighted by Crippen LogP contribution is 2.15. The molecule has 0 unspecified atom stereocenters. The number of nitrogens with zero attached hydrogens (tertiary/aromatic N) is 1. The minimum atomic E-state index is -0.971. The summed E-state index contributed by atoms with van der Waals surface area (Å²) in [5.41, 5.74) is 1.08. The first kappa shape index (κ1) is 21.0. The SMILES string of the molecule is CCN(C(=O)[C@@H](C)OC(=O)CNC(=O)c1cccc(OC)c1)c1ccccc1. The third kappa shape index (κ3) is 5.57. The Morgan fingerprint density at radius 2 is 1.79 bits per heavy atom. The van der Waals surface area contributed by atoms with Crippen molar-refractivity contribution in [2.45, 2.75) is 20.0 Å². The molecule has 0 aliphatic rings. The van der Waals surface area contributed by atoms with Gasteiger partial charge in [-0.2, -0.15) is 0 Å². The summed E-state index contributed by atoms with van der Waals surface area (Å²) in [5.74, 6) is -0.924. The zero-order valence-corrected chi connectivity index (χ0v) is 16.2. The van der Waals surface area contributed by atoms with Gasteiger partial charge in [0.25, 0.3) is 11.8 Å². The molecule has 0 radical (unpaired) electrons. The number of esters is 1. The van der Waals surface area contributed by atoms with E-state index in [1.54, 1.807) is 24.3 Å². The van der Waals surface area contributed by atoms with E-state index in [0.717, 1.165) is 5.69 Å². The molecule has 0 fully saturated rings. The second kappa shape index (κ2) is 10.1. The molecule has 7 heteroatoms. The molecule has 1 atom stereocenters. The van der Waals surface area contributed by atoms with Crippen molar-refractivity contribution in [2.75, 3.05) is 25.1 Å². The number of hydrogen-bond acceptors (Lipinski definition) is 5. The van der Waals surface area contributed by atoms with E-state index in [2.05, 4.69) is 5.32 Å². The first-order chi connectivity index (χ1) is 13.5. The number of hydrogen-bond donors (Lipinski definition) is 1. The molecule has 2 aromatic rings. The zero-order chi connectivity index (χ0) is 20.5. The quantitative estimate of drug-likeness (QED) is 0.707. The van der Waals surface area contributed by atoms with E-state index < -0.39 is 18.0 Å². The van der Waals surface area contributed by atoms with Crippen LogP contribution in [0.5, 0.6) is 5.75 Å². The Bertz CT molecular complexity index is 823. The van der Waals surface area contributed by atoms with E-state index >= 15 is 0 Å². The summed E-state index contributed by atoms with van der Waals surface area (Å²) >= 11 is 0. The molecule has 0 heterocycles. The maximum Gasteiger partial charge on any atom is 0.326 e. The molecule has 148 valence electrons. The largest absolute Gasteiger partial charge is 0.497 e. The lowest BCUT2D eigenvalue weighted by molar-refractivity contribution is -0.152. The molecule has 2 rings (SSSR count). The van der Waals surface area contributed by atoms with E-state index in [1.807, 2.05) is 37.3 Å². The number of methoxy groups -OCH3 is 1. The van der Waals surface area contributed by atoms with Gasteiger partial charge in [0.1, 0.15) is 12.3 Å². The van der Waals surface area contributed by atoms with Crippen LogP contribution in [-0.4, -0.2) is 44.1 Å². The lowest BCUT2D eigenvalue weighted by atomic mass is 10.2. The average Bonchev–Trinajstić information content (AvgIpc) is 2.73. The van der Waals surface area contributed by atoms with Gasteiger partial charge in [-0.15, -0.1) is 0 Å². The molecule has 0 aromatic heterocycles. The summed E-state index contributed by atoms with van der Waals surface area (Å²) in [6.45, 7) is 3.45. The second-order valence-electron chi connectivity index (χ2n) is 5.96. The average molecular weight is 384 g/mol. The van der Waals surface area contributed by atoms with Crippen LogP contribution in [-0.2, 0) is 14.3 Å². The third-order valence-electron chi connectivity index (χ3n) is 4.03. The standard InChI is InChI=1S/C21H24N2O5/c1-4-23(17-10-6-5-7-11-17)21(26)15(2)28-19(24)14-22-20(25)16-9-8-12-18(13-16)27-3/h5-13,15H,4,14H2,1-3H3,(H,22,25)/t15-/m1/s1. The van der Waals surface area contributed by atoms with Gasteiger partial charge in [0.05, 0.1) is 7.11 Å². The van der Waals surface area contributed by atoms with Crippen molar-refractivity contribution in [1.29, 1.82) is 0 Å². The highest BCUT2D eigenvalue weighted by atomic mass is 16.5. The van der Waals surface area contributed by atoms with Crippen LogP contribution < -0.4 is 15.0 Å². The first-order valence-corrected chi connectivity index (χ1v) is 8.94. The Morgan fingerprint density at radius 1 is 1.07 bits per heavy atom. The van der Waals surface area contributed by atoms with Crippen molar-refractivity contribution in [3.05, 3.63) is 60.2 Å². The maximum absolute atomic E-state index is 12.6. The normalized spacial score (nSPS) is 11.2. The number of para-hydroxylation sites is 1. The summed E-state index contributed by atoms with van der Waals surface area (Å²) in [4.78, 5) is 38.3. The highest BCUT2D eigenvalue weighted by molar-refractivity contribution is 5.98. The summed E-state index contributed by atoms with van der Waals surface area (Å²) in [6.07, 6.45) is -0.971. The number of likely N-dealkylation sites (N-methyl/N-ethyl adjacent to an activating group) is 1. The molecule has 0 saturated heterocycles. The Kier molecular flexibility index (Phi) is 7.56. The minimum absolute atomic E-state index is 0.332. The lowest BCUT2D eigenvalue weighted by Crippen LogP contribution is -2.41. The Morgan fingerprint density at radius 3 is 2.43 bits per heavy atom. The van der Waals surface area contributed by atoms with Crippen LogP contribution in [0.25, 0.3) is 0 Å². The van der Waals surface area contributed by atoms with Gasteiger partial charge in [0.2, 0.25) is 0 Å². The van der Waals surface area contributed by atoms with E-state index in [0.29, 0.717) is 17.9 Å². The van der Waals surface area contributed by atoms with Crippen molar-refractivity contribution in [3.8, 4) is 5.75 Å². The molecule has 28 heavy (non-hydrogen) atoms. The van der Waals surface area contributed by atoms with Crippen LogP contribution in [0.15, 0.2) is 54.6 Å². The van der Waals surface area contributed by atoms with Gasteiger partial charge in [-0.25, -0.2) is 0 Å². The van der Waals surface area contributed by atoms with Crippen molar-refractivity contribution in [2.24, 2.45) is 0 Å². The smallest absolute Gasteiger partial charge is 0.326 e. The van der Waals surface area contributed by atoms with Gasteiger partial charge in [0, 0.05) is 17.8 Å². The van der Waals surface area contributed by atoms with Crippen LogP contribution in [0.2, 0.25) is 0 Å². The number of carbonyl (C=O) groups is 3. The minimum Gasteiger partial charge on any atom is -0.497 e. The van der Waals surface area contributed by atoms with Gasteiger partial charge >= 0.3 is 5.97 Å². The molecular weight excluding hydrogens is 360 g/mol. The summed E-state index contributed by atoms with van der Waals surface area (Å²) in [6, 6.07) is 15.7. The molecule has 1 N–H and O–H groups in total. The number of anilines is 1. The summed E-state index contributed by atoms with van der Waals surface area (Å²) in [7, 11) is 1.50. The zero-order valence-electron chi connectivity index (χ0n) is 16.2. The summed E-state index contributed by atoms with van der Waals surface area (Å²) in [5, 5.41) is 2.48. The van der Waals surface area contributed by atoms with Crippen molar-refractivity contribution in [1.82, 2.24) is 5.32 Å². The monoisotopic (exact) mass is 384 g/mol. The number of rotatable bonds is 8. The van der Waals surface area contributed by atoms with Gasteiger partial charge in [-0.05, 0) is 44.2 Å². The Labute approximate surface area is 164 Å². The van der Waals surface area contributed by atoms with E-state index in [9.17, 15) is 14.4 Å². The molecular formula is C21H24N2O5. The fourth-order valence-electron chi connectivity index (χ4n) is 2.60. The van der Waals surface area contributed by atoms with Gasteiger partial charge in [0.15, 0.2) is 6.10 Å². The van der Waals surface area contributed by atoms with E-state index in [1.165, 1.54) is 18.9 Å². The van der Waals surface area contributed by atoms with E-state index in [-0.39, 0.29) is 12.5 Å². The molecule has 0 spiro atoms. The van der Waals surface area contributed by atoms with E-state index in [4.69, 9.17) is 9.47 Å². The fraction of sp³-hybridized carbons (Fsp3) is 0.286. The predicted octanol–water partition coefficient (Wildman–Crippen LogP) is 2.41. The van der Waals surface area contributed by atoms with Crippen molar-refractivity contribution < 1.29 is 23.9 Å². The van der Waals surface area contributed by atoms with Crippen molar-refractivity contribution in [3.63, 3.8) is 0 Å². The van der Waals surface area contributed by atoms with Crippen molar-refractivity contribution >= 4 is 23.5 Å². The number of ether oxygens (including phenoxy) is 2. The van der Waals surface area contributed by atoms with Crippen LogP contribution in [0.3, 0.4) is 0 Å². The topological polar surface area (TPSA) is 84.9 Å². The molecule has 2 aromatic carbocycles. The van der Waals surface area contributed by atoms with Gasteiger partial charge in [-0.1, -0.05) is 24.3 Å². The van der Waals surface area contributed by atoms with Crippen LogP contribution >= 0.6 is 0 Å². The molecule has 2 amide bonds. The second-order valence-corrected chi connectivity index (χ2v) is 5.96. The highest BCUT2D eigenvalue weighted by Gasteiger charge is 2.24. The third-order valence-corrected chi connectivity index (χ3v) is 4.03. The van der Waals surface area contributed by atoms with Crippen LogP contribution in [0, 0.1) is 0 Å². The Balaban J connectivity index is 1.89. The van der Waals surface area contributed by atoms with Gasteiger partial charge < -0.3 is 19.7 Å². The number of carbonyl (C=O) groups excluding carboxylic acids is 3. The first-order valence-electron chi connectivity index (χ1n) is 8.94. The predicted molar refractivity (Wildman–Crippen MR) is 105 cm³/mol. The number of nitrogens with one attached hydrogen (secondary N) is 1. The number of benzene rings is 2. The Hall–Kier alpha value is -3.35. The van der Waals surface area contributed by atoms with Crippen LogP contribution in [0.1, 0.15) is 24.2 Å². The molecule has 0 aliphatic carbocycles. The maximum atomic E-state index is 12.6. The molecule has 0 saturated carbocycles. The van der Waals surface area contributed by atoms with Crippen LogP contribution in [0.4, 0.5) is 5.69 Å². The molecule has 7 nitrogen and oxygen atoms in total. The number of amides is 2. The van der Waals surface area contributed by atoms with Gasteiger partial charge in [-0.3, -0.25) is 14.4 Å².